The van der Waals surface area contributed by atoms with Gasteiger partial charge < -0.3 is 10.2 Å². The van der Waals surface area contributed by atoms with Crippen LogP contribution in [0, 0.1) is 0 Å². The molecule has 112 valence electrons. The lowest BCUT2D eigenvalue weighted by Gasteiger charge is -2.35. The Morgan fingerprint density at radius 2 is 2.05 bits per heavy atom. The summed E-state index contributed by atoms with van der Waals surface area (Å²) in [7, 11) is 0. The highest BCUT2D eigenvalue weighted by molar-refractivity contribution is 6.31. The lowest BCUT2D eigenvalue weighted by molar-refractivity contribution is 0.424. The van der Waals surface area contributed by atoms with Gasteiger partial charge >= 0.3 is 0 Å². The molecule has 1 aromatic carbocycles. The molecule has 0 aliphatic carbocycles. The first-order chi connectivity index (χ1) is 9.37. The van der Waals surface area contributed by atoms with Crippen LogP contribution in [0.2, 0.25) is 5.02 Å². The molecular formula is C17H27ClN2. The van der Waals surface area contributed by atoms with E-state index < -0.39 is 0 Å². The first-order valence-electron chi connectivity index (χ1n) is 7.67. The number of hydrogen-bond donors (Lipinski definition) is 1. The summed E-state index contributed by atoms with van der Waals surface area (Å²) in [5.74, 6) is 0. The van der Waals surface area contributed by atoms with E-state index >= 15 is 0 Å². The van der Waals surface area contributed by atoms with Crippen LogP contribution in [-0.4, -0.2) is 18.1 Å². The Morgan fingerprint density at radius 3 is 2.65 bits per heavy atom. The molecule has 1 aliphatic rings. The van der Waals surface area contributed by atoms with Crippen molar-refractivity contribution in [2.24, 2.45) is 0 Å². The maximum absolute atomic E-state index is 6.46. The van der Waals surface area contributed by atoms with Crippen molar-refractivity contribution in [1.29, 1.82) is 0 Å². The molecule has 0 amide bonds. The highest BCUT2D eigenvalue weighted by Gasteiger charge is 2.19. The number of nitrogens with zero attached hydrogens (tertiary/aromatic N) is 1. The molecule has 1 atom stereocenters. The summed E-state index contributed by atoms with van der Waals surface area (Å²) in [5, 5.41) is 4.36. The molecule has 1 heterocycles. The molecule has 20 heavy (non-hydrogen) atoms. The minimum atomic E-state index is 0.114. The number of hydrogen-bond acceptors (Lipinski definition) is 2. The average Bonchev–Trinajstić information content (AvgIpc) is 2.37. The maximum Gasteiger partial charge on any atom is 0.0471 e. The van der Waals surface area contributed by atoms with Gasteiger partial charge in [0.05, 0.1) is 0 Å². The molecule has 3 heteroatoms. The van der Waals surface area contributed by atoms with Gasteiger partial charge in [-0.1, -0.05) is 17.7 Å². The highest BCUT2D eigenvalue weighted by Crippen LogP contribution is 2.29. The summed E-state index contributed by atoms with van der Waals surface area (Å²) < 4.78 is 0. The minimum Gasteiger partial charge on any atom is -0.369 e. The molecule has 2 nitrogen and oxygen atoms in total. The van der Waals surface area contributed by atoms with Crippen molar-refractivity contribution in [3.05, 3.63) is 28.8 Å². The van der Waals surface area contributed by atoms with Crippen LogP contribution >= 0.6 is 11.6 Å². The molecule has 1 aliphatic heterocycles. The fourth-order valence-corrected chi connectivity index (χ4v) is 2.94. The maximum atomic E-state index is 6.46. The van der Waals surface area contributed by atoms with Crippen LogP contribution < -0.4 is 10.2 Å². The normalized spacial score (nSPS) is 20.2. The smallest absolute Gasteiger partial charge is 0.0471 e. The van der Waals surface area contributed by atoms with E-state index in [1.807, 2.05) is 0 Å². The van der Waals surface area contributed by atoms with Crippen LogP contribution in [0.5, 0.6) is 0 Å². The van der Waals surface area contributed by atoms with Crippen LogP contribution in [0.4, 0.5) is 5.69 Å². The van der Waals surface area contributed by atoms with Crippen molar-refractivity contribution < 1.29 is 0 Å². The Balaban J connectivity index is 2.09. The third-order valence-electron chi connectivity index (χ3n) is 3.98. The third kappa shape index (κ3) is 4.13. The van der Waals surface area contributed by atoms with Gasteiger partial charge in [-0.05, 0) is 64.7 Å². The second kappa shape index (κ2) is 6.36. The predicted octanol–water partition coefficient (Wildman–Crippen LogP) is 4.61. The number of benzene rings is 1. The summed E-state index contributed by atoms with van der Waals surface area (Å²) in [6.45, 7) is 10.8. The minimum absolute atomic E-state index is 0.114. The van der Waals surface area contributed by atoms with E-state index in [0.29, 0.717) is 6.04 Å². The Labute approximate surface area is 128 Å². The fourth-order valence-electron chi connectivity index (χ4n) is 2.70. The standard InChI is InChI=1S/C17H27ClN2/c1-13-7-5-6-10-20(13)15-9-8-14(16(18)11-15)12-19-17(2,3)4/h8-9,11,13,19H,5-7,10,12H2,1-4H3. The summed E-state index contributed by atoms with van der Waals surface area (Å²) in [6, 6.07) is 7.13. The molecule has 0 saturated carbocycles. The molecule has 0 aromatic heterocycles. The Hall–Kier alpha value is -0.730. The van der Waals surface area contributed by atoms with Gasteiger partial charge in [-0.3, -0.25) is 0 Å². The fraction of sp³-hybridized carbons (Fsp3) is 0.647. The molecule has 0 bridgehead atoms. The van der Waals surface area contributed by atoms with Crippen molar-refractivity contribution >= 4 is 17.3 Å². The van der Waals surface area contributed by atoms with E-state index in [1.54, 1.807) is 0 Å². The van der Waals surface area contributed by atoms with Crippen molar-refractivity contribution in [2.75, 3.05) is 11.4 Å². The molecule has 1 aromatic rings. The first-order valence-corrected chi connectivity index (χ1v) is 8.05. The lowest BCUT2D eigenvalue weighted by Crippen LogP contribution is -2.37. The summed E-state index contributed by atoms with van der Waals surface area (Å²) in [6.07, 6.45) is 3.92. The monoisotopic (exact) mass is 294 g/mol. The molecule has 1 fully saturated rings. The molecule has 1 saturated heterocycles. The molecular weight excluding hydrogens is 268 g/mol. The zero-order valence-electron chi connectivity index (χ0n) is 13.2. The van der Waals surface area contributed by atoms with Gasteiger partial charge in [0.15, 0.2) is 0 Å². The van der Waals surface area contributed by atoms with Crippen LogP contribution in [0.25, 0.3) is 0 Å². The zero-order valence-corrected chi connectivity index (χ0v) is 13.9. The third-order valence-corrected chi connectivity index (χ3v) is 4.33. The number of piperidine rings is 1. The Morgan fingerprint density at radius 1 is 1.30 bits per heavy atom. The van der Waals surface area contributed by atoms with Crippen molar-refractivity contribution in [1.82, 2.24) is 5.32 Å². The van der Waals surface area contributed by atoms with Gasteiger partial charge in [-0.2, -0.15) is 0 Å². The SMILES string of the molecule is CC1CCCCN1c1ccc(CNC(C)(C)C)c(Cl)c1. The van der Waals surface area contributed by atoms with Crippen LogP contribution in [0.1, 0.15) is 52.5 Å². The highest BCUT2D eigenvalue weighted by atomic mass is 35.5. The number of rotatable bonds is 3. The van der Waals surface area contributed by atoms with Gasteiger partial charge in [0.25, 0.3) is 0 Å². The first kappa shape index (κ1) is 15.7. The van der Waals surface area contributed by atoms with Gasteiger partial charge in [0.1, 0.15) is 0 Å². The number of nitrogens with one attached hydrogen (secondary N) is 1. The molecule has 0 radical (unpaired) electrons. The van der Waals surface area contributed by atoms with E-state index in [-0.39, 0.29) is 5.54 Å². The van der Waals surface area contributed by atoms with E-state index in [2.05, 4.69) is 56.1 Å². The largest absolute Gasteiger partial charge is 0.369 e. The van der Waals surface area contributed by atoms with Gasteiger partial charge in [-0.15, -0.1) is 0 Å². The van der Waals surface area contributed by atoms with E-state index in [9.17, 15) is 0 Å². The Kier molecular flexibility index (Phi) is 4.98. The van der Waals surface area contributed by atoms with Crippen molar-refractivity contribution in [3.8, 4) is 0 Å². The molecule has 2 rings (SSSR count). The Bertz CT molecular complexity index is 451. The van der Waals surface area contributed by atoms with E-state index in [1.165, 1.54) is 30.5 Å². The van der Waals surface area contributed by atoms with Gasteiger partial charge in [0, 0.05) is 35.4 Å². The quantitative estimate of drug-likeness (QED) is 0.876. The molecule has 0 spiro atoms. The van der Waals surface area contributed by atoms with Gasteiger partial charge in [0.2, 0.25) is 0 Å². The van der Waals surface area contributed by atoms with Gasteiger partial charge in [-0.25, -0.2) is 0 Å². The summed E-state index contributed by atoms with van der Waals surface area (Å²) in [5.41, 5.74) is 2.56. The van der Waals surface area contributed by atoms with E-state index in [4.69, 9.17) is 11.6 Å². The predicted molar refractivity (Wildman–Crippen MR) is 88.7 cm³/mol. The molecule has 1 N–H and O–H groups in total. The number of halogens is 1. The second-order valence-corrected chi connectivity index (χ2v) is 7.32. The molecule has 1 unspecified atom stereocenters. The van der Waals surface area contributed by atoms with Crippen molar-refractivity contribution in [3.63, 3.8) is 0 Å². The summed E-state index contributed by atoms with van der Waals surface area (Å²) >= 11 is 6.46. The van der Waals surface area contributed by atoms with E-state index in [0.717, 1.165) is 18.1 Å². The van der Waals surface area contributed by atoms with Crippen LogP contribution in [0.3, 0.4) is 0 Å². The zero-order chi connectivity index (χ0) is 14.8. The lowest BCUT2D eigenvalue weighted by atomic mass is 10.0. The second-order valence-electron chi connectivity index (χ2n) is 6.92. The topological polar surface area (TPSA) is 15.3 Å². The van der Waals surface area contributed by atoms with Crippen molar-refractivity contribution in [2.45, 2.75) is 65.1 Å². The van der Waals surface area contributed by atoms with Crippen LogP contribution in [-0.2, 0) is 6.54 Å². The average molecular weight is 295 g/mol. The van der Waals surface area contributed by atoms with Crippen LogP contribution in [0.15, 0.2) is 18.2 Å². The summed E-state index contributed by atoms with van der Waals surface area (Å²) in [4.78, 5) is 2.48. The number of anilines is 1.